The summed E-state index contributed by atoms with van der Waals surface area (Å²) in [6, 6.07) is 9.26. The van der Waals surface area contributed by atoms with Gasteiger partial charge < -0.3 is 20.3 Å². The number of aryl methyl sites for hydroxylation is 2. The van der Waals surface area contributed by atoms with E-state index in [9.17, 15) is 9.18 Å². The van der Waals surface area contributed by atoms with E-state index < -0.39 is 5.82 Å². The van der Waals surface area contributed by atoms with Crippen molar-refractivity contribution in [2.45, 2.75) is 32.5 Å². The second-order valence-corrected chi connectivity index (χ2v) is 11.0. The average Bonchev–Trinajstić information content (AvgIpc) is 3.59. The molecule has 12 heteroatoms. The topological polar surface area (TPSA) is 102 Å². The smallest absolute Gasteiger partial charge is 0.274 e. The lowest BCUT2D eigenvalue weighted by molar-refractivity contribution is 0.102. The molecular formula is C27H29FN8O2S. The van der Waals surface area contributed by atoms with Gasteiger partial charge in [0.2, 0.25) is 0 Å². The van der Waals surface area contributed by atoms with Crippen molar-refractivity contribution in [3.63, 3.8) is 0 Å². The Kier molecular flexibility index (Phi) is 6.43. The number of anilines is 2. The summed E-state index contributed by atoms with van der Waals surface area (Å²) in [4.78, 5) is 20.6. The SMILES string of the molecule is C[C@H]1CN(c2ccc(C(=O)Nc3cc(F)c4nn(C)cc4c3)c3sc(OCc4ccnn4C)nc23)C[C@H](C)N1. The molecule has 1 amide bonds. The fourth-order valence-corrected chi connectivity index (χ4v) is 6.10. The molecule has 0 radical (unpaired) electrons. The molecule has 5 aromatic rings. The van der Waals surface area contributed by atoms with E-state index in [1.165, 1.54) is 17.4 Å². The van der Waals surface area contributed by atoms with Crippen LogP contribution in [0.25, 0.3) is 21.1 Å². The van der Waals surface area contributed by atoms with E-state index in [0.29, 0.717) is 50.7 Å². The Balaban J connectivity index is 1.36. The number of nitrogens with one attached hydrogen (secondary N) is 2. The third kappa shape index (κ3) is 4.92. The highest BCUT2D eigenvalue weighted by Crippen LogP contribution is 2.38. The molecule has 1 aliphatic rings. The number of rotatable bonds is 6. The van der Waals surface area contributed by atoms with Gasteiger partial charge in [-0.2, -0.15) is 10.2 Å². The van der Waals surface area contributed by atoms with E-state index in [0.717, 1.165) is 24.5 Å². The first-order chi connectivity index (χ1) is 18.7. The van der Waals surface area contributed by atoms with Gasteiger partial charge in [-0.3, -0.25) is 14.2 Å². The Morgan fingerprint density at radius 3 is 2.72 bits per heavy atom. The molecule has 3 aromatic heterocycles. The number of nitrogens with zero attached hydrogens (tertiary/aromatic N) is 6. The second-order valence-electron chi connectivity index (χ2n) is 10.1. The highest BCUT2D eigenvalue weighted by atomic mass is 32.1. The molecule has 4 heterocycles. The number of fused-ring (bicyclic) bond motifs is 2. The zero-order chi connectivity index (χ0) is 27.3. The van der Waals surface area contributed by atoms with Crippen molar-refractivity contribution in [1.82, 2.24) is 29.9 Å². The summed E-state index contributed by atoms with van der Waals surface area (Å²) < 4.78 is 24.7. The maximum Gasteiger partial charge on any atom is 0.274 e. The van der Waals surface area contributed by atoms with Crippen LogP contribution < -0.4 is 20.3 Å². The van der Waals surface area contributed by atoms with Gasteiger partial charge in [0.25, 0.3) is 11.1 Å². The van der Waals surface area contributed by atoms with Crippen LogP contribution >= 0.6 is 11.3 Å². The van der Waals surface area contributed by atoms with Crippen LogP contribution in [0.3, 0.4) is 0 Å². The van der Waals surface area contributed by atoms with Gasteiger partial charge >= 0.3 is 0 Å². The van der Waals surface area contributed by atoms with Crippen LogP contribution in [0, 0.1) is 5.82 Å². The van der Waals surface area contributed by atoms with Crippen LogP contribution in [-0.2, 0) is 20.7 Å². The van der Waals surface area contributed by atoms with Crippen molar-refractivity contribution in [3.05, 3.63) is 59.8 Å². The molecule has 2 atom stereocenters. The van der Waals surface area contributed by atoms with E-state index in [4.69, 9.17) is 9.72 Å². The van der Waals surface area contributed by atoms with Crippen LogP contribution in [0.15, 0.2) is 42.7 Å². The molecule has 0 unspecified atom stereocenters. The zero-order valence-electron chi connectivity index (χ0n) is 22.1. The number of benzene rings is 2. The minimum atomic E-state index is -0.491. The third-order valence-electron chi connectivity index (χ3n) is 6.85. The summed E-state index contributed by atoms with van der Waals surface area (Å²) in [6.45, 7) is 6.25. The van der Waals surface area contributed by atoms with Crippen molar-refractivity contribution >= 4 is 49.7 Å². The normalized spacial score (nSPS) is 17.7. The molecular weight excluding hydrogens is 519 g/mol. The van der Waals surface area contributed by atoms with Crippen molar-refractivity contribution in [2.24, 2.45) is 14.1 Å². The molecule has 2 aromatic carbocycles. The summed E-state index contributed by atoms with van der Waals surface area (Å²) in [6.07, 6.45) is 3.43. The highest BCUT2D eigenvalue weighted by Gasteiger charge is 2.26. The van der Waals surface area contributed by atoms with Crippen LogP contribution in [-0.4, -0.2) is 55.6 Å². The summed E-state index contributed by atoms with van der Waals surface area (Å²) in [5, 5.41) is 15.8. The first-order valence-electron chi connectivity index (χ1n) is 12.7. The van der Waals surface area contributed by atoms with Crippen molar-refractivity contribution in [1.29, 1.82) is 0 Å². The van der Waals surface area contributed by atoms with Crippen LogP contribution in [0.2, 0.25) is 0 Å². The summed E-state index contributed by atoms with van der Waals surface area (Å²) in [7, 11) is 3.59. The van der Waals surface area contributed by atoms with E-state index in [-0.39, 0.29) is 11.4 Å². The van der Waals surface area contributed by atoms with E-state index in [1.807, 2.05) is 25.2 Å². The standard InChI is InChI=1S/C27H29FN8O2S/c1-15-11-36(12-16(2)30-15)22-6-5-20(25-24(22)32-27(39-25)38-14-19-7-8-29-35(19)4)26(37)31-18-9-17-13-34(3)33-23(17)21(28)10-18/h5-10,13,15-16,30H,11-12,14H2,1-4H3,(H,31,37)/t15-,16-/m0/s1. The van der Waals surface area contributed by atoms with Crippen molar-refractivity contribution in [3.8, 4) is 5.19 Å². The van der Waals surface area contributed by atoms with Crippen molar-refractivity contribution in [2.75, 3.05) is 23.3 Å². The molecule has 6 rings (SSSR count). The maximum absolute atomic E-state index is 14.7. The number of hydrogen-bond acceptors (Lipinski definition) is 8. The number of aromatic nitrogens is 5. The predicted molar refractivity (Wildman–Crippen MR) is 150 cm³/mol. The van der Waals surface area contributed by atoms with Gasteiger partial charge in [0, 0.05) is 62.7 Å². The Morgan fingerprint density at radius 1 is 1.18 bits per heavy atom. The lowest BCUT2D eigenvalue weighted by Crippen LogP contribution is -2.54. The average molecular weight is 549 g/mol. The molecule has 0 saturated carbocycles. The molecule has 2 N–H and O–H groups in total. The van der Waals surface area contributed by atoms with Crippen molar-refractivity contribution < 1.29 is 13.9 Å². The number of carbonyl (C=O) groups excluding carboxylic acids is 1. The lowest BCUT2D eigenvalue weighted by atomic mass is 10.1. The molecule has 0 spiro atoms. The number of amides is 1. The van der Waals surface area contributed by atoms with Gasteiger partial charge in [0.1, 0.15) is 17.6 Å². The Morgan fingerprint density at radius 2 is 1.97 bits per heavy atom. The molecule has 1 saturated heterocycles. The number of hydrogen-bond donors (Lipinski definition) is 2. The minimum Gasteiger partial charge on any atom is -0.464 e. The van der Waals surface area contributed by atoms with E-state index in [1.54, 1.807) is 34.9 Å². The summed E-state index contributed by atoms with van der Waals surface area (Å²) in [5.41, 5.74) is 3.64. The van der Waals surface area contributed by atoms with Crippen LogP contribution in [0.1, 0.15) is 29.9 Å². The van der Waals surface area contributed by atoms with Gasteiger partial charge in [0.15, 0.2) is 5.82 Å². The monoisotopic (exact) mass is 548 g/mol. The fraction of sp³-hybridized carbons (Fsp3) is 0.333. The molecule has 202 valence electrons. The van der Waals surface area contributed by atoms with E-state index in [2.05, 4.69) is 39.6 Å². The molecule has 0 bridgehead atoms. The largest absolute Gasteiger partial charge is 0.464 e. The highest BCUT2D eigenvalue weighted by molar-refractivity contribution is 7.20. The number of halogens is 1. The third-order valence-corrected chi connectivity index (χ3v) is 7.85. The lowest BCUT2D eigenvalue weighted by Gasteiger charge is -2.37. The summed E-state index contributed by atoms with van der Waals surface area (Å²) in [5.74, 6) is -0.840. The quantitative estimate of drug-likeness (QED) is 0.330. The first kappa shape index (κ1) is 25.3. The molecule has 39 heavy (non-hydrogen) atoms. The Bertz CT molecular complexity index is 1680. The van der Waals surface area contributed by atoms with Gasteiger partial charge in [0.05, 0.1) is 21.6 Å². The van der Waals surface area contributed by atoms with Crippen LogP contribution in [0.4, 0.5) is 15.8 Å². The fourth-order valence-electron chi connectivity index (χ4n) is 5.15. The van der Waals surface area contributed by atoms with Crippen LogP contribution in [0.5, 0.6) is 5.19 Å². The van der Waals surface area contributed by atoms with E-state index >= 15 is 0 Å². The van der Waals surface area contributed by atoms with Gasteiger partial charge in [-0.05, 0) is 44.2 Å². The first-order valence-corrected chi connectivity index (χ1v) is 13.6. The Hall–Kier alpha value is -4.03. The number of piperazine rings is 1. The molecule has 10 nitrogen and oxygen atoms in total. The number of ether oxygens (including phenoxy) is 1. The number of carbonyl (C=O) groups is 1. The maximum atomic E-state index is 14.7. The van der Waals surface area contributed by atoms with Gasteiger partial charge in [-0.1, -0.05) is 11.3 Å². The second kappa shape index (κ2) is 9.93. The summed E-state index contributed by atoms with van der Waals surface area (Å²) >= 11 is 1.33. The zero-order valence-corrected chi connectivity index (χ0v) is 22.9. The minimum absolute atomic E-state index is 0.263. The molecule has 0 aliphatic carbocycles. The van der Waals surface area contributed by atoms with Gasteiger partial charge in [-0.25, -0.2) is 9.37 Å². The number of thiazole rings is 1. The predicted octanol–water partition coefficient (Wildman–Crippen LogP) is 4.07. The molecule has 1 fully saturated rings. The Labute approximate surface area is 228 Å². The molecule has 1 aliphatic heterocycles. The van der Waals surface area contributed by atoms with Gasteiger partial charge in [-0.15, -0.1) is 0 Å².